The second kappa shape index (κ2) is 13.8. The predicted octanol–water partition coefficient (Wildman–Crippen LogP) is 7.26. The number of aryl methyl sites for hydroxylation is 1. The first-order valence-electron chi connectivity index (χ1n) is 14.4. The number of amides is 1. The SMILES string of the molecule is Cc1ccc(NC(=O)c2ccc(C3CCCCCNCCCC3)cc2)cc1Nc1nccc(-c2cccnc2)n1. The van der Waals surface area contributed by atoms with Crippen molar-refractivity contribution in [2.45, 2.75) is 57.8 Å². The fourth-order valence-corrected chi connectivity index (χ4v) is 5.22. The van der Waals surface area contributed by atoms with E-state index in [1.54, 1.807) is 18.6 Å². The number of aromatic nitrogens is 3. The normalized spacial score (nSPS) is 16.5. The summed E-state index contributed by atoms with van der Waals surface area (Å²) in [5.74, 6) is 0.931. The third kappa shape index (κ3) is 7.51. The summed E-state index contributed by atoms with van der Waals surface area (Å²) in [5.41, 5.74) is 6.28. The van der Waals surface area contributed by atoms with Crippen LogP contribution in [0, 0.1) is 6.92 Å². The van der Waals surface area contributed by atoms with Crippen LogP contribution in [0.1, 0.15) is 72.3 Å². The summed E-state index contributed by atoms with van der Waals surface area (Å²) < 4.78 is 0. The van der Waals surface area contributed by atoms with Crippen LogP contribution in [0.3, 0.4) is 0 Å². The summed E-state index contributed by atoms with van der Waals surface area (Å²) >= 11 is 0. The van der Waals surface area contributed by atoms with Crippen molar-refractivity contribution in [3.63, 3.8) is 0 Å². The van der Waals surface area contributed by atoms with Gasteiger partial charge in [-0.15, -0.1) is 0 Å². The third-order valence-electron chi connectivity index (χ3n) is 7.56. The maximum Gasteiger partial charge on any atom is 0.255 e. The highest BCUT2D eigenvalue weighted by atomic mass is 16.1. The molecule has 0 spiro atoms. The van der Waals surface area contributed by atoms with Crippen LogP contribution in [0.5, 0.6) is 0 Å². The van der Waals surface area contributed by atoms with Gasteiger partial charge < -0.3 is 16.0 Å². The molecule has 0 bridgehead atoms. The van der Waals surface area contributed by atoms with Gasteiger partial charge in [-0.25, -0.2) is 9.97 Å². The average Bonchev–Trinajstić information content (AvgIpc) is 3.06. The first-order valence-corrected chi connectivity index (χ1v) is 14.4. The predicted molar refractivity (Wildman–Crippen MR) is 162 cm³/mol. The van der Waals surface area contributed by atoms with E-state index < -0.39 is 0 Å². The number of anilines is 3. The van der Waals surface area contributed by atoms with Crippen LogP contribution >= 0.6 is 0 Å². The summed E-state index contributed by atoms with van der Waals surface area (Å²) in [6, 6.07) is 19.7. The van der Waals surface area contributed by atoms with E-state index in [2.05, 4.69) is 43.0 Å². The number of carbonyl (C=O) groups is 1. The zero-order valence-electron chi connectivity index (χ0n) is 23.2. The van der Waals surface area contributed by atoms with Crippen molar-refractivity contribution in [1.29, 1.82) is 0 Å². The van der Waals surface area contributed by atoms with Crippen LogP contribution in [0.4, 0.5) is 17.3 Å². The minimum absolute atomic E-state index is 0.121. The van der Waals surface area contributed by atoms with E-state index in [-0.39, 0.29) is 5.91 Å². The highest BCUT2D eigenvalue weighted by Gasteiger charge is 2.14. The molecule has 1 amide bonds. The van der Waals surface area contributed by atoms with E-state index in [0.29, 0.717) is 23.1 Å². The van der Waals surface area contributed by atoms with Gasteiger partial charge in [-0.1, -0.05) is 37.5 Å². The van der Waals surface area contributed by atoms with E-state index in [0.717, 1.165) is 35.6 Å². The van der Waals surface area contributed by atoms with Crippen molar-refractivity contribution in [3.8, 4) is 11.3 Å². The molecule has 40 heavy (non-hydrogen) atoms. The van der Waals surface area contributed by atoms with Crippen molar-refractivity contribution >= 4 is 23.2 Å². The van der Waals surface area contributed by atoms with Gasteiger partial charge in [-0.05, 0) is 105 Å². The van der Waals surface area contributed by atoms with Gasteiger partial charge in [0.1, 0.15) is 0 Å². The van der Waals surface area contributed by atoms with Crippen molar-refractivity contribution in [2.24, 2.45) is 0 Å². The van der Waals surface area contributed by atoms with E-state index in [1.807, 2.05) is 55.5 Å². The second-order valence-electron chi connectivity index (χ2n) is 10.5. The maximum atomic E-state index is 13.1. The molecule has 4 aromatic rings. The van der Waals surface area contributed by atoms with Crippen LogP contribution in [-0.4, -0.2) is 33.9 Å². The molecule has 7 nitrogen and oxygen atoms in total. The number of nitrogens with one attached hydrogen (secondary N) is 3. The number of nitrogens with zero attached hydrogens (tertiary/aromatic N) is 3. The molecule has 0 aliphatic carbocycles. The Bertz CT molecular complexity index is 1380. The molecule has 2 aromatic heterocycles. The van der Waals surface area contributed by atoms with Crippen molar-refractivity contribution in [1.82, 2.24) is 20.3 Å². The summed E-state index contributed by atoms with van der Waals surface area (Å²) in [7, 11) is 0. The number of benzene rings is 2. The van der Waals surface area contributed by atoms with Gasteiger partial charge in [0.15, 0.2) is 0 Å². The molecule has 1 unspecified atom stereocenters. The Balaban J connectivity index is 1.24. The van der Waals surface area contributed by atoms with E-state index in [1.165, 1.54) is 50.5 Å². The molecular weight excluding hydrogens is 496 g/mol. The number of rotatable bonds is 6. The lowest BCUT2D eigenvalue weighted by Gasteiger charge is -2.17. The van der Waals surface area contributed by atoms with Gasteiger partial charge in [0.25, 0.3) is 5.91 Å². The topological polar surface area (TPSA) is 91.8 Å². The summed E-state index contributed by atoms with van der Waals surface area (Å²) in [6.45, 7) is 4.27. The lowest BCUT2D eigenvalue weighted by atomic mass is 9.88. The van der Waals surface area contributed by atoms with Crippen LogP contribution in [0.15, 0.2) is 79.3 Å². The Morgan fingerprint density at radius 1 is 0.900 bits per heavy atom. The molecule has 1 atom stereocenters. The van der Waals surface area contributed by atoms with E-state index in [4.69, 9.17) is 0 Å². The standard InChI is InChI=1S/C33H38N6O/c1-24-11-16-29(22-31(24)39-33-36-21-17-30(38-33)28-10-7-20-35-23-28)37-32(40)27-14-12-26(13-15-27)25-8-3-2-5-18-34-19-6-4-9-25/h7,10-17,20-23,25,34H,2-6,8-9,18-19H2,1H3,(H,37,40)(H,36,38,39). The molecule has 2 aromatic carbocycles. The fourth-order valence-electron chi connectivity index (χ4n) is 5.22. The Kier molecular flexibility index (Phi) is 9.48. The van der Waals surface area contributed by atoms with Crippen LogP contribution in [0.2, 0.25) is 0 Å². The van der Waals surface area contributed by atoms with Crippen LogP contribution in [0.25, 0.3) is 11.3 Å². The quantitative estimate of drug-likeness (QED) is 0.241. The maximum absolute atomic E-state index is 13.1. The lowest BCUT2D eigenvalue weighted by molar-refractivity contribution is 0.102. The van der Waals surface area contributed by atoms with Gasteiger partial charge >= 0.3 is 0 Å². The molecule has 7 heteroatoms. The number of hydrogen-bond donors (Lipinski definition) is 3. The molecular formula is C33H38N6O. The highest BCUT2D eigenvalue weighted by Crippen LogP contribution is 2.29. The summed E-state index contributed by atoms with van der Waals surface area (Å²) in [5, 5.41) is 9.90. The van der Waals surface area contributed by atoms with Gasteiger partial charge in [0.2, 0.25) is 5.95 Å². The number of carbonyl (C=O) groups excluding carboxylic acids is 1. The molecule has 0 radical (unpaired) electrons. The molecule has 1 aliphatic rings. The Labute approximate surface area is 236 Å². The Hall–Kier alpha value is -4.10. The second-order valence-corrected chi connectivity index (χ2v) is 10.5. The fraction of sp³-hybridized carbons (Fsp3) is 0.333. The molecule has 1 aliphatic heterocycles. The first-order chi connectivity index (χ1) is 19.7. The molecule has 0 saturated carbocycles. The number of hydrogen-bond acceptors (Lipinski definition) is 6. The van der Waals surface area contributed by atoms with Crippen molar-refractivity contribution in [2.75, 3.05) is 23.7 Å². The lowest BCUT2D eigenvalue weighted by Crippen LogP contribution is -2.16. The van der Waals surface area contributed by atoms with Gasteiger partial charge in [0.05, 0.1) is 5.69 Å². The molecule has 3 heterocycles. The molecule has 5 rings (SSSR count). The largest absolute Gasteiger partial charge is 0.324 e. The minimum atomic E-state index is -0.121. The molecule has 3 N–H and O–H groups in total. The van der Waals surface area contributed by atoms with Crippen molar-refractivity contribution < 1.29 is 4.79 Å². The van der Waals surface area contributed by atoms with E-state index in [9.17, 15) is 4.79 Å². The zero-order chi connectivity index (χ0) is 27.6. The van der Waals surface area contributed by atoms with E-state index >= 15 is 0 Å². The van der Waals surface area contributed by atoms with Gasteiger partial charge in [0, 0.05) is 41.1 Å². The zero-order valence-corrected chi connectivity index (χ0v) is 23.2. The first kappa shape index (κ1) is 27.5. The average molecular weight is 535 g/mol. The molecule has 1 saturated heterocycles. The summed E-state index contributed by atoms with van der Waals surface area (Å²) in [6.07, 6.45) is 13.9. The van der Waals surface area contributed by atoms with Crippen molar-refractivity contribution in [3.05, 3.63) is 95.9 Å². The van der Waals surface area contributed by atoms with Gasteiger partial charge in [-0.3, -0.25) is 9.78 Å². The smallest absolute Gasteiger partial charge is 0.255 e. The van der Waals surface area contributed by atoms with Gasteiger partial charge in [-0.2, -0.15) is 0 Å². The summed E-state index contributed by atoms with van der Waals surface area (Å²) in [4.78, 5) is 26.3. The molecule has 1 fully saturated rings. The Morgan fingerprint density at radius 2 is 1.70 bits per heavy atom. The van der Waals surface area contributed by atoms with Crippen LogP contribution in [-0.2, 0) is 0 Å². The third-order valence-corrected chi connectivity index (χ3v) is 7.56. The monoisotopic (exact) mass is 534 g/mol. The van der Waals surface area contributed by atoms with Crippen LogP contribution < -0.4 is 16.0 Å². The highest BCUT2D eigenvalue weighted by molar-refractivity contribution is 6.04. The number of pyridine rings is 1. The Morgan fingerprint density at radius 3 is 2.50 bits per heavy atom. The minimum Gasteiger partial charge on any atom is -0.324 e. The molecule has 206 valence electrons.